The summed E-state index contributed by atoms with van der Waals surface area (Å²) in [5.74, 6) is -0.259. The number of carbonyl (C=O) groups is 1. The smallest absolute Gasteiger partial charge is 0.261 e. The molecule has 1 aromatic heterocycles. The lowest BCUT2D eigenvalue weighted by atomic mass is 10.2. The second kappa shape index (κ2) is 7.48. The van der Waals surface area contributed by atoms with Gasteiger partial charge >= 0.3 is 0 Å². The Morgan fingerprint density at radius 3 is 2.14 bits per heavy atom. The standard InChI is InChI=1S/C17H17N7O3S/c1-10(25)20-11-6-8-12(9-7-11)28(26,27)24-14-5-3-2-4-13(14)15-21-16(18)23-17(19)22-15/h2-9,24H,1H3,(H,20,25)(H4,18,19,21,22,23). The first-order valence-corrected chi connectivity index (χ1v) is 9.50. The molecule has 0 fully saturated rings. The van der Waals surface area contributed by atoms with E-state index < -0.39 is 10.0 Å². The molecule has 1 amide bonds. The van der Waals surface area contributed by atoms with Gasteiger partial charge in [-0.3, -0.25) is 9.52 Å². The molecule has 0 saturated heterocycles. The third-order valence-electron chi connectivity index (χ3n) is 3.57. The van der Waals surface area contributed by atoms with Gasteiger partial charge in [-0.1, -0.05) is 12.1 Å². The Bertz CT molecular complexity index is 1110. The molecule has 6 N–H and O–H groups in total. The van der Waals surface area contributed by atoms with E-state index in [4.69, 9.17) is 11.5 Å². The molecule has 0 aliphatic heterocycles. The molecule has 28 heavy (non-hydrogen) atoms. The van der Waals surface area contributed by atoms with Gasteiger partial charge in [0.2, 0.25) is 17.8 Å². The van der Waals surface area contributed by atoms with Gasteiger partial charge in [-0.05, 0) is 36.4 Å². The summed E-state index contributed by atoms with van der Waals surface area (Å²) < 4.78 is 28.0. The summed E-state index contributed by atoms with van der Waals surface area (Å²) in [6.07, 6.45) is 0. The number of benzene rings is 2. The van der Waals surface area contributed by atoms with Crippen LogP contribution in [0.3, 0.4) is 0 Å². The maximum absolute atomic E-state index is 12.8. The molecule has 10 nitrogen and oxygen atoms in total. The SMILES string of the molecule is CC(=O)Nc1ccc(S(=O)(=O)Nc2ccccc2-c2nc(N)nc(N)n2)cc1. The zero-order chi connectivity index (χ0) is 20.3. The van der Waals surface area contributed by atoms with E-state index in [-0.39, 0.29) is 34.2 Å². The molecular formula is C17H17N7O3S. The van der Waals surface area contributed by atoms with Crippen molar-refractivity contribution in [1.82, 2.24) is 15.0 Å². The monoisotopic (exact) mass is 399 g/mol. The van der Waals surface area contributed by atoms with Crippen molar-refractivity contribution >= 4 is 39.2 Å². The largest absolute Gasteiger partial charge is 0.368 e. The fourth-order valence-electron chi connectivity index (χ4n) is 2.42. The van der Waals surface area contributed by atoms with Crippen LogP contribution in [0.15, 0.2) is 53.4 Å². The molecule has 0 radical (unpaired) electrons. The number of nitrogen functional groups attached to an aromatic ring is 2. The molecule has 2 aromatic carbocycles. The molecule has 3 aromatic rings. The second-order valence-corrected chi connectivity index (χ2v) is 7.41. The van der Waals surface area contributed by atoms with Gasteiger partial charge in [0.05, 0.1) is 10.6 Å². The van der Waals surface area contributed by atoms with Crippen molar-refractivity contribution in [2.24, 2.45) is 0 Å². The van der Waals surface area contributed by atoms with Crippen LogP contribution in [0.25, 0.3) is 11.4 Å². The van der Waals surface area contributed by atoms with E-state index in [0.29, 0.717) is 11.3 Å². The molecule has 3 rings (SSSR count). The predicted molar refractivity (Wildman–Crippen MR) is 106 cm³/mol. The highest BCUT2D eigenvalue weighted by Gasteiger charge is 2.18. The van der Waals surface area contributed by atoms with Crippen molar-refractivity contribution in [2.75, 3.05) is 21.5 Å². The third-order valence-corrected chi connectivity index (χ3v) is 4.95. The maximum atomic E-state index is 12.8. The van der Waals surface area contributed by atoms with Gasteiger partial charge in [-0.25, -0.2) is 8.42 Å². The van der Waals surface area contributed by atoms with Crippen molar-refractivity contribution < 1.29 is 13.2 Å². The number of nitrogens with two attached hydrogens (primary N) is 2. The Kier molecular flexibility index (Phi) is 5.09. The Hall–Kier alpha value is -3.73. The number of para-hydroxylation sites is 1. The van der Waals surface area contributed by atoms with Crippen LogP contribution in [0.2, 0.25) is 0 Å². The molecule has 0 unspecified atom stereocenters. The Labute approximate surface area is 161 Å². The summed E-state index contributed by atoms with van der Waals surface area (Å²) in [6, 6.07) is 12.3. The van der Waals surface area contributed by atoms with Crippen LogP contribution >= 0.6 is 0 Å². The highest BCUT2D eigenvalue weighted by atomic mass is 32.2. The average molecular weight is 399 g/mol. The molecule has 1 heterocycles. The number of amides is 1. The Morgan fingerprint density at radius 2 is 1.54 bits per heavy atom. The van der Waals surface area contributed by atoms with Crippen molar-refractivity contribution in [1.29, 1.82) is 0 Å². The summed E-state index contributed by atoms with van der Waals surface area (Å²) in [4.78, 5) is 22.8. The van der Waals surface area contributed by atoms with Gasteiger partial charge in [-0.2, -0.15) is 15.0 Å². The fourth-order valence-corrected chi connectivity index (χ4v) is 3.50. The molecule has 0 bridgehead atoms. The summed E-state index contributed by atoms with van der Waals surface area (Å²) in [5, 5.41) is 2.57. The molecular weight excluding hydrogens is 382 g/mol. The van der Waals surface area contributed by atoms with Crippen molar-refractivity contribution in [3.63, 3.8) is 0 Å². The highest BCUT2D eigenvalue weighted by molar-refractivity contribution is 7.92. The molecule has 11 heteroatoms. The number of hydrogen-bond donors (Lipinski definition) is 4. The topological polar surface area (TPSA) is 166 Å². The van der Waals surface area contributed by atoms with Gasteiger partial charge in [0.1, 0.15) is 0 Å². The van der Waals surface area contributed by atoms with Crippen LogP contribution < -0.4 is 21.5 Å². The molecule has 0 aliphatic carbocycles. The highest BCUT2D eigenvalue weighted by Crippen LogP contribution is 2.28. The van der Waals surface area contributed by atoms with E-state index in [9.17, 15) is 13.2 Å². The van der Waals surface area contributed by atoms with Crippen LogP contribution in [-0.2, 0) is 14.8 Å². The first kappa shape index (κ1) is 19.0. The Balaban J connectivity index is 1.94. The van der Waals surface area contributed by atoms with E-state index in [1.807, 2.05) is 0 Å². The lowest BCUT2D eigenvalue weighted by molar-refractivity contribution is -0.114. The van der Waals surface area contributed by atoms with E-state index in [0.717, 1.165) is 0 Å². The number of rotatable bonds is 5. The van der Waals surface area contributed by atoms with Gasteiger partial charge < -0.3 is 16.8 Å². The first-order chi connectivity index (χ1) is 13.2. The van der Waals surface area contributed by atoms with Crippen LogP contribution in [-0.4, -0.2) is 29.3 Å². The van der Waals surface area contributed by atoms with E-state index in [2.05, 4.69) is 25.0 Å². The summed E-state index contributed by atoms with van der Waals surface area (Å²) in [5.41, 5.74) is 12.3. The molecule has 0 saturated carbocycles. The minimum Gasteiger partial charge on any atom is -0.368 e. The number of carbonyl (C=O) groups excluding carboxylic acids is 1. The number of anilines is 4. The number of hydrogen-bond acceptors (Lipinski definition) is 8. The third kappa shape index (κ3) is 4.32. The second-order valence-electron chi connectivity index (χ2n) is 5.73. The lowest BCUT2D eigenvalue weighted by Gasteiger charge is -2.12. The van der Waals surface area contributed by atoms with Crippen molar-refractivity contribution in [3.05, 3.63) is 48.5 Å². The number of sulfonamides is 1. The molecule has 0 atom stereocenters. The molecule has 0 spiro atoms. The van der Waals surface area contributed by atoms with E-state index in [1.165, 1.54) is 31.2 Å². The lowest BCUT2D eigenvalue weighted by Crippen LogP contribution is -2.14. The maximum Gasteiger partial charge on any atom is 0.261 e. The van der Waals surface area contributed by atoms with Crippen LogP contribution in [0, 0.1) is 0 Å². The minimum absolute atomic E-state index is 0.0195. The van der Waals surface area contributed by atoms with Gasteiger partial charge in [0, 0.05) is 18.2 Å². The fraction of sp³-hybridized carbons (Fsp3) is 0.0588. The van der Waals surface area contributed by atoms with Crippen LogP contribution in [0.4, 0.5) is 23.3 Å². The zero-order valence-corrected chi connectivity index (χ0v) is 15.6. The zero-order valence-electron chi connectivity index (χ0n) is 14.7. The van der Waals surface area contributed by atoms with Crippen molar-refractivity contribution in [3.8, 4) is 11.4 Å². The first-order valence-electron chi connectivity index (χ1n) is 8.01. The molecule has 0 aliphatic rings. The number of aromatic nitrogens is 3. The van der Waals surface area contributed by atoms with Gasteiger partial charge in [0.25, 0.3) is 10.0 Å². The number of nitrogens with one attached hydrogen (secondary N) is 2. The Morgan fingerprint density at radius 1 is 0.929 bits per heavy atom. The summed E-state index contributed by atoms with van der Waals surface area (Å²) >= 11 is 0. The normalized spacial score (nSPS) is 11.0. The number of nitrogens with zero attached hydrogens (tertiary/aromatic N) is 3. The van der Waals surface area contributed by atoms with E-state index >= 15 is 0 Å². The van der Waals surface area contributed by atoms with Crippen LogP contribution in [0.5, 0.6) is 0 Å². The van der Waals surface area contributed by atoms with Crippen molar-refractivity contribution in [2.45, 2.75) is 11.8 Å². The minimum atomic E-state index is -3.91. The summed E-state index contributed by atoms with van der Waals surface area (Å²) in [6.45, 7) is 1.36. The van der Waals surface area contributed by atoms with E-state index in [1.54, 1.807) is 24.3 Å². The van der Waals surface area contributed by atoms with Gasteiger partial charge in [-0.15, -0.1) is 0 Å². The molecule has 144 valence electrons. The van der Waals surface area contributed by atoms with Gasteiger partial charge in [0.15, 0.2) is 5.82 Å². The quantitative estimate of drug-likeness (QED) is 0.500. The van der Waals surface area contributed by atoms with Crippen LogP contribution in [0.1, 0.15) is 6.92 Å². The summed E-state index contributed by atoms with van der Waals surface area (Å²) in [7, 11) is -3.91. The predicted octanol–water partition coefficient (Wildman–Crippen LogP) is 1.46. The average Bonchev–Trinajstić information content (AvgIpc) is 2.61.